The molecule has 0 heterocycles. The van der Waals surface area contributed by atoms with Gasteiger partial charge in [-0.05, 0) is 70.6 Å². The van der Waals surface area contributed by atoms with Crippen LogP contribution in [0, 0.1) is 0 Å². The van der Waals surface area contributed by atoms with E-state index in [1.165, 1.54) is 135 Å². The number of carbonyl (C=O) groups is 1. The van der Waals surface area contributed by atoms with E-state index in [4.69, 9.17) is 0 Å². The second kappa shape index (κ2) is 41.5. The van der Waals surface area contributed by atoms with E-state index in [0.29, 0.717) is 6.42 Å². The SMILES string of the molecule is CCCCC/C=C\C=C/CCCCCCCCC(=O)NC(CO)C(O)/C=C/CC/C=C/CC/C=C/CCCCCCCCCCCCCCC. The van der Waals surface area contributed by atoms with Gasteiger partial charge in [-0.15, -0.1) is 0 Å². The number of aliphatic hydroxyl groups excluding tert-OH is 2. The minimum absolute atomic E-state index is 0.0919. The molecule has 1 amide bonds. The van der Waals surface area contributed by atoms with Gasteiger partial charge < -0.3 is 15.5 Å². The van der Waals surface area contributed by atoms with Gasteiger partial charge in [0.2, 0.25) is 5.91 Å². The summed E-state index contributed by atoms with van der Waals surface area (Å²) in [7, 11) is 0. The largest absolute Gasteiger partial charge is 0.394 e. The number of hydrogen-bond acceptors (Lipinski definition) is 3. The van der Waals surface area contributed by atoms with Crippen molar-refractivity contribution in [2.24, 2.45) is 0 Å². The van der Waals surface area contributed by atoms with E-state index in [0.717, 1.165) is 51.4 Å². The molecular weight excluding hydrogens is 615 g/mol. The van der Waals surface area contributed by atoms with Gasteiger partial charge in [0.25, 0.3) is 0 Å². The van der Waals surface area contributed by atoms with Crippen LogP contribution in [0.2, 0.25) is 0 Å². The monoisotopic (exact) mass is 698 g/mol. The molecular formula is C46H83NO3. The molecule has 50 heavy (non-hydrogen) atoms. The number of carbonyl (C=O) groups excluding carboxylic acids is 1. The van der Waals surface area contributed by atoms with Crippen molar-refractivity contribution in [1.29, 1.82) is 0 Å². The zero-order valence-corrected chi connectivity index (χ0v) is 33.2. The van der Waals surface area contributed by atoms with Crippen molar-refractivity contribution in [2.75, 3.05) is 6.61 Å². The molecule has 4 heteroatoms. The van der Waals surface area contributed by atoms with E-state index in [-0.39, 0.29) is 12.5 Å². The molecule has 0 aliphatic carbocycles. The molecule has 0 bridgehead atoms. The molecule has 3 N–H and O–H groups in total. The third kappa shape index (κ3) is 37.3. The first-order valence-electron chi connectivity index (χ1n) is 21.5. The summed E-state index contributed by atoms with van der Waals surface area (Å²) in [4.78, 5) is 12.3. The topological polar surface area (TPSA) is 69.6 Å². The fraction of sp³-hybridized carbons (Fsp3) is 0.761. The van der Waals surface area contributed by atoms with Crippen LogP contribution in [0.25, 0.3) is 0 Å². The lowest BCUT2D eigenvalue weighted by Crippen LogP contribution is -2.45. The fourth-order valence-corrected chi connectivity index (χ4v) is 6.14. The van der Waals surface area contributed by atoms with Gasteiger partial charge in [-0.1, -0.05) is 190 Å². The van der Waals surface area contributed by atoms with Gasteiger partial charge in [-0.25, -0.2) is 0 Å². The summed E-state index contributed by atoms with van der Waals surface area (Å²) in [5.41, 5.74) is 0. The lowest BCUT2D eigenvalue weighted by molar-refractivity contribution is -0.123. The molecule has 4 nitrogen and oxygen atoms in total. The Balaban J connectivity index is 3.68. The van der Waals surface area contributed by atoms with Gasteiger partial charge >= 0.3 is 0 Å². The number of nitrogens with one attached hydrogen (secondary N) is 1. The molecule has 0 radical (unpaired) electrons. The minimum atomic E-state index is -0.876. The zero-order valence-electron chi connectivity index (χ0n) is 33.2. The van der Waals surface area contributed by atoms with Gasteiger partial charge in [-0.3, -0.25) is 4.79 Å². The molecule has 0 rings (SSSR count). The Morgan fingerprint density at radius 3 is 1.32 bits per heavy atom. The first kappa shape index (κ1) is 48.1. The third-order valence-electron chi connectivity index (χ3n) is 9.48. The average molecular weight is 698 g/mol. The van der Waals surface area contributed by atoms with Crippen LogP contribution in [0.4, 0.5) is 0 Å². The number of unbranched alkanes of at least 4 members (excludes halogenated alkanes) is 24. The Morgan fingerprint density at radius 2 is 0.840 bits per heavy atom. The Hall–Kier alpha value is -1.91. The van der Waals surface area contributed by atoms with Gasteiger partial charge in [0.05, 0.1) is 18.8 Å². The Kier molecular flexibility index (Phi) is 39.9. The Morgan fingerprint density at radius 1 is 0.480 bits per heavy atom. The smallest absolute Gasteiger partial charge is 0.220 e. The van der Waals surface area contributed by atoms with Gasteiger partial charge in [-0.2, -0.15) is 0 Å². The lowest BCUT2D eigenvalue weighted by Gasteiger charge is -2.19. The lowest BCUT2D eigenvalue weighted by atomic mass is 10.0. The second-order valence-corrected chi connectivity index (χ2v) is 14.4. The second-order valence-electron chi connectivity index (χ2n) is 14.4. The minimum Gasteiger partial charge on any atom is -0.394 e. The van der Waals surface area contributed by atoms with Crippen LogP contribution in [0.1, 0.15) is 206 Å². The predicted molar refractivity (Wildman–Crippen MR) is 221 cm³/mol. The highest BCUT2D eigenvalue weighted by Crippen LogP contribution is 2.14. The number of rotatable bonds is 38. The highest BCUT2D eigenvalue weighted by molar-refractivity contribution is 5.76. The van der Waals surface area contributed by atoms with Crippen LogP contribution in [0.3, 0.4) is 0 Å². The Labute approximate surface area is 311 Å². The molecule has 0 aliphatic rings. The van der Waals surface area contributed by atoms with Gasteiger partial charge in [0.15, 0.2) is 0 Å². The molecule has 290 valence electrons. The summed E-state index contributed by atoms with van der Waals surface area (Å²) < 4.78 is 0. The van der Waals surface area contributed by atoms with Crippen LogP contribution >= 0.6 is 0 Å². The summed E-state index contributed by atoms with van der Waals surface area (Å²) >= 11 is 0. The molecule has 0 saturated carbocycles. The van der Waals surface area contributed by atoms with Crippen molar-refractivity contribution in [3.05, 3.63) is 60.8 Å². The highest BCUT2D eigenvalue weighted by Gasteiger charge is 2.17. The molecule has 0 saturated heterocycles. The number of aliphatic hydroxyl groups is 2. The van der Waals surface area contributed by atoms with E-state index in [1.54, 1.807) is 6.08 Å². The standard InChI is InChI=1S/C46H83NO3/c1-3-5-7-9-11-13-15-17-19-20-21-22-23-24-25-26-28-29-31-33-35-37-39-41-45(49)44(43-48)47-46(50)42-40-38-36-34-32-30-27-18-16-14-12-10-8-6-4-2/h12,14,16,18,25-26,31,33,39,41,44-45,48-49H,3-11,13,15,17,19-24,27-30,32,34-38,40,42-43H2,1-2H3,(H,47,50)/b14-12-,18-16-,26-25+,33-31+,41-39+. The van der Waals surface area contributed by atoms with E-state index in [1.807, 2.05) is 6.08 Å². The first-order valence-corrected chi connectivity index (χ1v) is 21.5. The van der Waals surface area contributed by atoms with Crippen molar-refractivity contribution in [3.63, 3.8) is 0 Å². The summed E-state index contributed by atoms with van der Waals surface area (Å²) in [6.45, 7) is 4.25. The normalized spacial score (nSPS) is 13.6. The van der Waals surface area contributed by atoms with Crippen LogP contribution < -0.4 is 5.32 Å². The summed E-state index contributed by atoms with van der Waals surface area (Å²) in [5, 5.41) is 22.9. The summed E-state index contributed by atoms with van der Waals surface area (Å²) in [5.74, 6) is -0.0919. The average Bonchev–Trinajstić information content (AvgIpc) is 3.12. The quantitative estimate of drug-likeness (QED) is 0.0342. The molecule has 0 fully saturated rings. The summed E-state index contributed by atoms with van der Waals surface area (Å²) in [6.07, 6.45) is 57.5. The van der Waals surface area contributed by atoms with Crippen molar-refractivity contribution in [1.82, 2.24) is 5.32 Å². The first-order chi connectivity index (χ1) is 24.7. The Bertz CT molecular complexity index is 842. The van der Waals surface area contributed by atoms with Crippen LogP contribution in [0.15, 0.2) is 60.8 Å². The predicted octanol–water partition coefficient (Wildman–Crippen LogP) is 13.3. The number of hydrogen-bond donors (Lipinski definition) is 3. The molecule has 0 spiro atoms. The molecule has 0 aromatic heterocycles. The maximum Gasteiger partial charge on any atom is 0.220 e. The van der Waals surface area contributed by atoms with Crippen molar-refractivity contribution in [2.45, 2.75) is 219 Å². The van der Waals surface area contributed by atoms with Crippen molar-refractivity contribution in [3.8, 4) is 0 Å². The summed E-state index contributed by atoms with van der Waals surface area (Å²) in [6, 6.07) is -0.653. The van der Waals surface area contributed by atoms with E-state index < -0.39 is 12.1 Å². The van der Waals surface area contributed by atoms with Crippen LogP contribution in [-0.4, -0.2) is 34.9 Å². The van der Waals surface area contributed by atoms with E-state index in [9.17, 15) is 15.0 Å². The number of amides is 1. The molecule has 0 aliphatic heterocycles. The zero-order chi connectivity index (χ0) is 36.4. The van der Waals surface area contributed by atoms with Crippen LogP contribution in [0.5, 0.6) is 0 Å². The van der Waals surface area contributed by atoms with Crippen molar-refractivity contribution >= 4 is 5.91 Å². The van der Waals surface area contributed by atoms with Crippen molar-refractivity contribution < 1.29 is 15.0 Å². The highest BCUT2D eigenvalue weighted by atomic mass is 16.3. The maximum absolute atomic E-state index is 12.3. The molecule has 0 aromatic carbocycles. The third-order valence-corrected chi connectivity index (χ3v) is 9.48. The fourth-order valence-electron chi connectivity index (χ4n) is 6.14. The molecule has 2 unspecified atom stereocenters. The molecule has 2 atom stereocenters. The van der Waals surface area contributed by atoms with E-state index >= 15 is 0 Å². The molecule has 0 aromatic rings. The van der Waals surface area contributed by atoms with Gasteiger partial charge in [0.1, 0.15) is 0 Å². The number of allylic oxidation sites excluding steroid dienone is 9. The maximum atomic E-state index is 12.3. The van der Waals surface area contributed by atoms with Crippen LogP contribution in [-0.2, 0) is 4.79 Å². The van der Waals surface area contributed by atoms with Gasteiger partial charge in [0, 0.05) is 6.42 Å². The van der Waals surface area contributed by atoms with E-state index in [2.05, 4.69) is 67.8 Å².